The number of ether oxygens (including phenoxy) is 1. The molecule has 18 heavy (non-hydrogen) atoms. The zero-order valence-electron chi connectivity index (χ0n) is 10.2. The minimum Gasteiger partial charge on any atom is -0.457 e. The van der Waals surface area contributed by atoms with Gasteiger partial charge in [0.25, 0.3) is 0 Å². The molecular formula is C15H16O3. The molecule has 0 atom stereocenters. The van der Waals surface area contributed by atoms with Gasteiger partial charge in [-0.25, -0.2) is 0 Å². The summed E-state index contributed by atoms with van der Waals surface area (Å²) in [4.78, 5) is 0. The Morgan fingerprint density at radius 2 is 1.56 bits per heavy atom. The first kappa shape index (κ1) is 12.6. The molecule has 0 unspecified atom stereocenters. The van der Waals surface area contributed by atoms with E-state index in [0.717, 1.165) is 0 Å². The number of hydrogen-bond acceptors (Lipinski definition) is 3. The molecule has 0 heterocycles. The van der Waals surface area contributed by atoms with E-state index in [0.29, 0.717) is 17.1 Å². The Bertz CT molecular complexity index is 506. The second-order valence-electron chi connectivity index (χ2n) is 4.08. The summed E-state index contributed by atoms with van der Waals surface area (Å²) in [6.07, 6.45) is 0.197. The highest BCUT2D eigenvalue weighted by atomic mass is 16.5. The summed E-state index contributed by atoms with van der Waals surface area (Å²) in [6, 6.07) is 16.2. The van der Waals surface area contributed by atoms with E-state index in [9.17, 15) is 10.2 Å². The number of para-hydroxylation sites is 2. The van der Waals surface area contributed by atoms with Crippen molar-refractivity contribution in [1.29, 1.82) is 0 Å². The van der Waals surface area contributed by atoms with Crippen LogP contribution in [0.5, 0.6) is 11.5 Å². The van der Waals surface area contributed by atoms with Gasteiger partial charge in [0.15, 0.2) is 5.79 Å². The van der Waals surface area contributed by atoms with Gasteiger partial charge in [-0.05, 0) is 24.3 Å². The van der Waals surface area contributed by atoms with Gasteiger partial charge in [0.2, 0.25) is 0 Å². The molecule has 0 aliphatic rings. The lowest BCUT2D eigenvalue weighted by atomic mass is 10.0. The quantitative estimate of drug-likeness (QED) is 0.813. The predicted molar refractivity (Wildman–Crippen MR) is 69.4 cm³/mol. The molecule has 0 amide bonds. The SMILES string of the molecule is CCC(O)(O)c1ccccc1Oc1ccccc1. The topological polar surface area (TPSA) is 49.7 Å². The van der Waals surface area contributed by atoms with Crippen molar-refractivity contribution in [3.63, 3.8) is 0 Å². The number of hydrogen-bond donors (Lipinski definition) is 2. The molecule has 3 heteroatoms. The van der Waals surface area contributed by atoms with Crippen molar-refractivity contribution in [1.82, 2.24) is 0 Å². The smallest absolute Gasteiger partial charge is 0.193 e. The Balaban J connectivity index is 2.34. The van der Waals surface area contributed by atoms with E-state index in [-0.39, 0.29) is 6.42 Å². The van der Waals surface area contributed by atoms with Gasteiger partial charge in [-0.3, -0.25) is 0 Å². The van der Waals surface area contributed by atoms with Crippen molar-refractivity contribution in [2.75, 3.05) is 0 Å². The highest BCUT2D eigenvalue weighted by molar-refractivity contribution is 5.40. The fraction of sp³-hybridized carbons (Fsp3) is 0.200. The first-order chi connectivity index (χ1) is 8.63. The highest BCUT2D eigenvalue weighted by Crippen LogP contribution is 2.33. The van der Waals surface area contributed by atoms with Crippen LogP contribution in [0.3, 0.4) is 0 Å². The van der Waals surface area contributed by atoms with Crippen molar-refractivity contribution in [2.45, 2.75) is 19.1 Å². The Hall–Kier alpha value is -1.84. The lowest BCUT2D eigenvalue weighted by Crippen LogP contribution is -2.24. The van der Waals surface area contributed by atoms with Crippen molar-refractivity contribution in [3.8, 4) is 11.5 Å². The van der Waals surface area contributed by atoms with Crippen LogP contribution in [0.4, 0.5) is 0 Å². The molecule has 0 radical (unpaired) electrons. The molecule has 2 N–H and O–H groups in total. The normalized spacial score (nSPS) is 11.3. The molecule has 94 valence electrons. The summed E-state index contributed by atoms with van der Waals surface area (Å²) < 4.78 is 5.68. The summed E-state index contributed by atoms with van der Waals surface area (Å²) in [5.74, 6) is -0.752. The maximum absolute atomic E-state index is 9.93. The third-order valence-electron chi connectivity index (χ3n) is 2.78. The molecule has 0 spiro atoms. The highest BCUT2D eigenvalue weighted by Gasteiger charge is 2.27. The molecule has 2 aromatic rings. The Kier molecular flexibility index (Phi) is 3.65. The van der Waals surface area contributed by atoms with E-state index in [1.165, 1.54) is 0 Å². The zero-order chi connectivity index (χ0) is 13.0. The molecule has 0 aromatic heterocycles. The molecule has 2 aromatic carbocycles. The number of benzene rings is 2. The van der Waals surface area contributed by atoms with Crippen molar-refractivity contribution in [2.24, 2.45) is 0 Å². The van der Waals surface area contributed by atoms with E-state index in [2.05, 4.69) is 0 Å². The first-order valence-electron chi connectivity index (χ1n) is 5.90. The molecule has 0 saturated heterocycles. The maximum Gasteiger partial charge on any atom is 0.193 e. The van der Waals surface area contributed by atoms with Crippen LogP contribution in [0.2, 0.25) is 0 Å². The summed E-state index contributed by atoms with van der Waals surface area (Å²) in [6.45, 7) is 1.71. The molecule has 0 fully saturated rings. The molecule has 0 saturated carbocycles. The van der Waals surface area contributed by atoms with Crippen LogP contribution in [0.15, 0.2) is 54.6 Å². The first-order valence-corrected chi connectivity index (χ1v) is 5.90. The van der Waals surface area contributed by atoms with Gasteiger partial charge in [-0.1, -0.05) is 37.3 Å². The fourth-order valence-corrected chi connectivity index (χ4v) is 1.69. The van der Waals surface area contributed by atoms with E-state index in [4.69, 9.17) is 4.74 Å². The van der Waals surface area contributed by atoms with Crippen molar-refractivity contribution in [3.05, 3.63) is 60.2 Å². The molecule has 2 rings (SSSR count). The third-order valence-corrected chi connectivity index (χ3v) is 2.78. The number of aliphatic hydroxyl groups is 2. The lowest BCUT2D eigenvalue weighted by Gasteiger charge is -2.23. The number of rotatable bonds is 4. The van der Waals surface area contributed by atoms with Gasteiger partial charge in [-0.2, -0.15) is 0 Å². The van der Waals surface area contributed by atoms with Crippen LogP contribution in [-0.2, 0) is 5.79 Å². The standard InChI is InChI=1S/C15H16O3/c1-2-15(16,17)13-10-6-7-11-14(13)18-12-8-4-3-5-9-12/h3-11,16-17H,2H2,1H3. The van der Waals surface area contributed by atoms with Gasteiger partial charge in [-0.15, -0.1) is 0 Å². The summed E-state index contributed by atoms with van der Waals surface area (Å²) in [5, 5.41) is 19.9. The monoisotopic (exact) mass is 244 g/mol. The van der Waals surface area contributed by atoms with Gasteiger partial charge < -0.3 is 14.9 Å². The second kappa shape index (κ2) is 5.21. The molecule has 0 aliphatic heterocycles. The van der Waals surface area contributed by atoms with Gasteiger partial charge in [0, 0.05) is 6.42 Å². The molecular weight excluding hydrogens is 228 g/mol. The molecule has 0 bridgehead atoms. The summed E-state index contributed by atoms with van der Waals surface area (Å²) in [7, 11) is 0. The minimum absolute atomic E-state index is 0.197. The molecule has 3 nitrogen and oxygen atoms in total. The van der Waals surface area contributed by atoms with Crippen LogP contribution in [-0.4, -0.2) is 10.2 Å². The van der Waals surface area contributed by atoms with Crippen LogP contribution < -0.4 is 4.74 Å². The van der Waals surface area contributed by atoms with Gasteiger partial charge in [0.05, 0.1) is 5.56 Å². The second-order valence-corrected chi connectivity index (χ2v) is 4.08. The average molecular weight is 244 g/mol. The van der Waals surface area contributed by atoms with E-state index in [1.807, 2.05) is 30.3 Å². The van der Waals surface area contributed by atoms with Crippen molar-refractivity contribution < 1.29 is 14.9 Å². The van der Waals surface area contributed by atoms with Crippen molar-refractivity contribution >= 4 is 0 Å². The Morgan fingerprint density at radius 1 is 0.944 bits per heavy atom. The fourth-order valence-electron chi connectivity index (χ4n) is 1.69. The van der Waals surface area contributed by atoms with E-state index >= 15 is 0 Å². The summed E-state index contributed by atoms with van der Waals surface area (Å²) >= 11 is 0. The Morgan fingerprint density at radius 3 is 2.22 bits per heavy atom. The van der Waals surface area contributed by atoms with Crippen LogP contribution in [0, 0.1) is 0 Å². The van der Waals surface area contributed by atoms with Crippen LogP contribution in [0.1, 0.15) is 18.9 Å². The van der Waals surface area contributed by atoms with E-state index < -0.39 is 5.79 Å². The maximum atomic E-state index is 9.93. The van der Waals surface area contributed by atoms with Crippen LogP contribution in [0.25, 0.3) is 0 Å². The zero-order valence-corrected chi connectivity index (χ0v) is 10.2. The predicted octanol–water partition coefficient (Wildman–Crippen LogP) is 3.03. The largest absolute Gasteiger partial charge is 0.457 e. The van der Waals surface area contributed by atoms with Crippen LogP contribution >= 0.6 is 0 Å². The minimum atomic E-state index is -1.87. The van der Waals surface area contributed by atoms with Gasteiger partial charge >= 0.3 is 0 Å². The summed E-state index contributed by atoms with van der Waals surface area (Å²) in [5.41, 5.74) is 0.372. The Labute approximate surface area is 106 Å². The molecule has 0 aliphatic carbocycles. The lowest BCUT2D eigenvalue weighted by molar-refractivity contribution is -0.171. The average Bonchev–Trinajstić information content (AvgIpc) is 2.40. The van der Waals surface area contributed by atoms with E-state index in [1.54, 1.807) is 31.2 Å². The third kappa shape index (κ3) is 2.70. The van der Waals surface area contributed by atoms with Gasteiger partial charge in [0.1, 0.15) is 11.5 Å².